The smallest absolute Gasteiger partial charge is 0.187 e. The van der Waals surface area contributed by atoms with E-state index in [0.29, 0.717) is 11.2 Å². The number of hydrazone groups is 1. The van der Waals surface area contributed by atoms with Gasteiger partial charge in [-0.15, -0.1) is 0 Å². The van der Waals surface area contributed by atoms with E-state index < -0.39 is 0 Å². The monoisotopic (exact) mass is 320 g/mol. The number of nitrogen functional groups attached to an aromatic ring is 1. The fourth-order valence-corrected chi connectivity index (χ4v) is 2.33. The van der Waals surface area contributed by atoms with Gasteiger partial charge in [-0.1, -0.05) is 38.8 Å². The minimum absolute atomic E-state index is 0.353. The minimum atomic E-state index is 0.353. The van der Waals surface area contributed by atoms with Crippen molar-refractivity contribution in [1.29, 1.82) is 0 Å². The van der Waals surface area contributed by atoms with Gasteiger partial charge in [0.1, 0.15) is 0 Å². The molecule has 22 heavy (non-hydrogen) atoms. The second kappa shape index (κ2) is 9.41. The molecule has 4 nitrogen and oxygen atoms in total. The Labute approximate surface area is 139 Å². The highest BCUT2D eigenvalue weighted by Gasteiger charge is 2.05. The first kappa shape index (κ1) is 18.4. The maximum Gasteiger partial charge on any atom is 0.187 e. The van der Waals surface area contributed by atoms with Crippen molar-refractivity contribution in [2.45, 2.75) is 53.0 Å². The Bertz CT molecular complexity index is 494. The number of benzene rings is 1. The van der Waals surface area contributed by atoms with Crippen molar-refractivity contribution in [2.75, 3.05) is 5.73 Å². The first-order valence-corrected chi connectivity index (χ1v) is 8.26. The molecule has 0 aliphatic rings. The number of hydrogen-bond acceptors (Lipinski definition) is 3. The highest BCUT2D eigenvalue weighted by Crippen LogP contribution is 2.08. The number of nitrogens with zero attached hydrogens (tertiary/aromatic N) is 1. The summed E-state index contributed by atoms with van der Waals surface area (Å²) in [7, 11) is 0. The number of nitrogens with one attached hydrogen (secondary N) is 2. The van der Waals surface area contributed by atoms with E-state index in [1.165, 1.54) is 12.8 Å². The molecule has 0 bridgehead atoms. The zero-order valence-corrected chi connectivity index (χ0v) is 14.8. The quantitative estimate of drug-likeness (QED) is 0.310. The number of hydrogen-bond donors (Lipinski definition) is 3. The summed E-state index contributed by atoms with van der Waals surface area (Å²) in [6.45, 7) is 8.58. The summed E-state index contributed by atoms with van der Waals surface area (Å²) in [5.74, 6) is 0.754. The van der Waals surface area contributed by atoms with E-state index in [9.17, 15) is 0 Å². The maximum atomic E-state index is 5.68. The summed E-state index contributed by atoms with van der Waals surface area (Å²) < 4.78 is 0. The van der Waals surface area contributed by atoms with Crippen LogP contribution in [0.5, 0.6) is 0 Å². The second-order valence-electron chi connectivity index (χ2n) is 6.13. The molecule has 1 atom stereocenters. The van der Waals surface area contributed by atoms with Gasteiger partial charge in [-0.2, -0.15) is 5.10 Å². The Hall–Kier alpha value is -1.62. The van der Waals surface area contributed by atoms with E-state index in [1.54, 1.807) is 0 Å². The Balaban J connectivity index is 2.38. The SMILES string of the molecule is C/C(=N/NC(=S)N[C@H](C)CCCC(C)C)c1ccc(N)cc1. The Morgan fingerprint density at radius 3 is 2.41 bits per heavy atom. The van der Waals surface area contributed by atoms with E-state index in [0.717, 1.165) is 29.3 Å². The largest absolute Gasteiger partial charge is 0.399 e. The predicted octanol–water partition coefficient (Wildman–Crippen LogP) is 3.67. The van der Waals surface area contributed by atoms with Gasteiger partial charge < -0.3 is 11.1 Å². The highest BCUT2D eigenvalue weighted by molar-refractivity contribution is 7.80. The molecule has 5 heteroatoms. The van der Waals surface area contributed by atoms with Crippen LogP contribution >= 0.6 is 12.2 Å². The lowest BCUT2D eigenvalue weighted by Gasteiger charge is -2.16. The van der Waals surface area contributed by atoms with Gasteiger partial charge in [0.05, 0.1) is 5.71 Å². The average Bonchev–Trinajstić information content (AvgIpc) is 2.45. The van der Waals surface area contributed by atoms with Crippen LogP contribution in [0, 0.1) is 5.92 Å². The van der Waals surface area contributed by atoms with Crippen molar-refractivity contribution >= 4 is 28.7 Å². The molecule has 4 N–H and O–H groups in total. The lowest BCUT2D eigenvalue weighted by molar-refractivity contribution is 0.493. The van der Waals surface area contributed by atoms with Crippen molar-refractivity contribution in [1.82, 2.24) is 10.7 Å². The van der Waals surface area contributed by atoms with Crippen molar-refractivity contribution < 1.29 is 0 Å². The number of thiocarbonyl (C=S) groups is 1. The fraction of sp³-hybridized carbons (Fsp3) is 0.529. The molecule has 0 aliphatic carbocycles. The van der Waals surface area contributed by atoms with Crippen LogP contribution in [0.4, 0.5) is 5.69 Å². The number of anilines is 1. The zero-order valence-electron chi connectivity index (χ0n) is 14.0. The van der Waals surface area contributed by atoms with Crippen LogP contribution in [0.3, 0.4) is 0 Å². The van der Waals surface area contributed by atoms with Crippen molar-refractivity contribution in [3.8, 4) is 0 Å². The van der Waals surface area contributed by atoms with Crippen LogP contribution in [-0.4, -0.2) is 16.9 Å². The lowest BCUT2D eigenvalue weighted by atomic mass is 10.0. The van der Waals surface area contributed by atoms with Crippen LogP contribution in [-0.2, 0) is 0 Å². The highest BCUT2D eigenvalue weighted by atomic mass is 32.1. The van der Waals surface area contributed by atoms with E-state index in [4.69, 9.17) is 18.0 Å². The van der Waals surface area contributed by atoms with Crippen molar-refractivity contribution in [2.24, 2.45) is 11.0 Å². The standard InChI is InChI=1S/C17H28N4S/c1-12(2)6-5-7-13(3)19-17(22)21-20-14(4)15-8-10-16(18)11-9-15/h8-13H,5-7,18H2,1-4H3,(H2,19,21,22)/b20-14-/t13-/m1/s1. The first-order chi connectivity index (χ1) is 10.4. The molecule has 122 valence electrons. The van der Waals surface area contributed by atoms with Crippen molar-refractivity contribution in [3.05, 3.63) is 29.8 Å². The molecular weight excluding hydrogens is 292 g/mol. The van der Waals surface area contributed by atoms with E-state index in [1.807, 2.05) is 31.2 Å². The Morgan fingerprint density at radius 2 is 1.82 bits per heavy atom. The van der Waals surface area contributed by atoms with E-state index in [-0.39, 0.29) is 0 Å². The number of rotatable bonds is 7. The number of nitrogens with two attached hydrogens (primary N) is 1. The van der Waals surface area contributed by atoms with Crippen LogP contribution in [0.25, 0.3) is 0 Å². The molecule has 0 unspecified atom stereocenters. The summed E-state index contributed by atoms with van der Waals surface area (Å²) >= 11 is 5.27. The maximum absolute atomic E-state index is 5.68. The minimum Gasteiger partial charge on any atom is -0.399 e. The second-order valence-corrected chi connectivity index (χ2v) is 6.54. The van der Waals surface area contributed by atoms with Crippen molar-refractivity contribution in [3.63, 3.8) is 0 Å². The lowest BCUT2D eigenvalue weighted by Crippen LogP contribution is -2.38. The molecule has 0 fully saturated rings. The van der Waals surface area contributed by atoms with Gasteiger partial charge in [-0.05, 0) is 56.1 Å². The molecule has 0 radical (unpaired) electrons. The molecule has 0 amide bonds. The normalized spacial score (nSPS) is 13.0. The zero-order chi connectivity index (χ0) is 16.5. The molecule has 0 saturated carbocycles. The average molecular weight is 321 g/mol. The van der Waals surface area contributed by atoms with Crippen LogP contribution in [0.2, 0.25) is 0 Å². The predicted molar refractivity (Wildman–Crippen MR) is 100 cm³/mol. The molecule has 0 aromatic heterocycles. The molecule has 0 spiro atoms. The Morgan fingerprint density at radius 1 is 1.18 bits per heavy atom. The summed E-state index contributed by atoms with van der Waals surface area (Å²) in [5.41, 5.74) is 11.2. The fourth-order valence-electron chi connectivity index (χ4n) is 2.08. The third kappa shape index (κ3) is 7.41. The molecule has 1 aromatic rings. The third-order valence-electron chi connectivity index (χ3n) is 3.45. The van der Waals surface area contributed by atoms with Crippen LogP contribution < -0.4 is 16.5 Å². The summed E-state index contributed by atoms with van der Waals surface area (Å²) in [5, 5.41) is 8.13. The van der Waals surface area contributed by atoms with E-state index in [2.05, 4.69) is 36.6 Å². The van der Waals surface area contributed by atoms with Gasteiger partial charge in [0.25, 0.3) is 0 Å². The van der Waals surface area contributed by atoms with Gasteiger partial charge in [-0.25, -0.2) is 0 Å². The molecule has 1 rings (SSSR count). The molecular formula is C17H28N4S. The first-order valence-electron chi connectivity index (χ1n) is 7.85. The van der Waals surface area contributed by atoms with Gasteiger partial charge in [-0.3, -0.25) is 5.43 Å². The van der Waals surface area contributed by atoms with Crippen LogP contribution in [0.1, 0.15) is 52.5 Å². The van der Waals surface area contributed by atoms with Gasteiger partial charge in [0.2, 0.25) is 0 Å². The van der Waals surface area contributed by atoms with Gasteiger partial charge >= 0.3 is 0 Å². The van der Waals surface area contributed by atoms with Crippen LogP contribution in [0.15, 0.2) is 29.4 Å². The summed E-state index contributed by atoms with van der Waals surface area (Å²) in [6, 6.07) is 7.97. The summed E-state index contributed by atoms with van der Waals surface area (Å²) in [6.07, 6.45) is 3.57. The van der Waals surface area contributed by atoms with E-state index >= 15 is 0 Å². The molecule has 0 saturated heterocycles. The molecule has 0 aliphatic heterocycles. The molecule has 0 heterocycles. The van der Waals surface area contributed by atoms with Gasteiger partial charge in [0.15, 0.2) is 5.11 Å². The van der Waals surface area contributed by atoms with Gasteiger partial charge in [0, 0.05) is 11.7 Å². The molecule has 1 aromatic carbocycles. The summed E-state index contributed by atoms with van der Waals surface area (Å²) in [4.78, 5) is 0. The topological polar surface area (TPSA) is 62.4 Å². The third-order valence-corrected chi connectivity index (χ3v) is 3.66. The Kier molecular flexibility index (Phi) is 7.88.